The van der Waals surface area contributed by atoms with Crippen molar-refractivity contribution < 1.29 is 22.7 Å². The first kappa shape index (κ1) is 17.6. The number of amides is 2. The van der Waals surface area contributed by atoms with Gasteiger partial charge in [-0.1, -0.05) is 12.1 Å². The average Bonchev–Trinajstić information content (AvgIpc) is 3.01. The van der Waals surface area contributed by atoms with Crippen LogP contribution in [0.5, 0.6) is 0 Å². The van der Waals surface area contributed by atoms with Crippen molar-refractivity contribution in [3.05, 3.63) is 35.4 Å². The molecule has 0 aliphatic carbocycles. The van der Waals surface area contributed by atoms with Crippen LogP contribution < -0.4 is 10.6 Å². The van der Waals surface area contributed by atoms with Crippen LogP contribution in [0.4, 0.5) is 18.0 Å². The molecule has 2 amide bonds. The minimum atomic E-state index is -4.32. The Morgan fingerprint density at radius 2 is 2.04 bits per heavy atom. The molecule has 0 bridgehead atoms. The highest BCUT2D eigenvalue weighted by Gasteiger charge is 2.29. The van der Waals surface area contributed by atoms with E-state index in [0.29, 0.717) is 13.0 Å². The van der Waals surface area contributed by atoms with Crippen LogP contribution in [-0.2, 0) is 17.3 Å². The third-order valence-electron chi connectivity index (χ3n) is 3.86. The van der Waals surface area contributed by atoms with Crippen LogP contribution in [0, 0.1) is 0 Å². The molecule has 2 rings (SSSR count). The summed E-state index contributed by atoms with van der Waals surface area (Å²) in [4.78, 5) is 11.8. The number of rotatable bonds is 5. The Morgan fingerprint density at radius 1 is 1.35 bits per heavy atom. The summed E-state index contributed by atoms with van der Waals surface area (Å²) >= 11 is 0. The van der Waals surface area contributed by atoms with Gasteiger partial charge in [0, 0.05) is 13.2 Å². The van der Waals surface area contributed by atoms with Gasteiger partial charge in [0.1, 0.15) is 0 Å². The summed E-state index contributed by atoms with van der Waals surface area (Å²) in [6, 6.07) is 4.60. The zero-order valence-electron chi connectivity index (χ0n) is 13.0. The maximum atomic E-state index is 12.5. The van der Waals surface area contributed by atoms with Gasteiger partial charge >= 0.3 is 12.2 Å². The number of halogens is 3. The lowest BCUT2D eigenvalue weighted by Crippen LogP contribution is -2.46. The Labute approximate surface area is 133 Å². The molecule has 128 valence electrons. The molecular formula is C16H21F3N2O2. The van der Waals surface area contributed by atoms with Gasteiger partial charge in [-0.2, -0.15) is 13.2 Å². The van der Waals surface area contributed by atoms with E-state index in [0.717, 1.165) is 37.1 Å². The monoisotopic (exact) mass is 330 g/mol. The van der Waals surface area contributed by atoms with Gasteiger partial charge in [0.05, 0.1) is 17.7 Å². The van der Waals surface area contributed by atoms with Gasteiger partial charge in [-0.15, -0.1) is 0 Å². The summed E-state index contributed by atoms with van der Waals surface area (Å²) in [6.45, 7) is 2.98. The highest BCUT2D eigenvalue weighted by molar-refractivity contribution is 5.74. The molecule has 1 fully saturated rings. The van der Waals surface area contributed by atoms with Crippen molar-refractivity contribution in [3.63, 3.8) is 0 Å². The number of nitrogens with one attached hydrogen (secondary N) is 2. The summed E-state index contributed by atoms with van der Waals surface area (Å²) in [5.41, 5.74) is 0.0721. The normalized spacial score (nSPS) is 19.4. The van der Waals surface area contributed by atoms with E-state index in [2.05, 4.69) is 10.6 Å². The zero-order chi connectivity index (χ0) is 16.9. The maximum absolute atomic E-state index is 12.5. The third-order valence-corrected chi connectivity index (χ3v) is 3.86. The standard InChI is InChI=1S/C16H21F3N2O2/c1-11(14-3-2-10-23-14)21-15(22)20-9-8-12-4-6-13(7-5-12)16(17,18)19/h4-7,11,14H,2-3,8-10H2,1H3,(H2,20,21,22)/t11-,14-/m0/s1. The van der Waals surface area contributed by atoms with Crippen molar-refractivity contribution in [1.82, 2.24) is 10.6 Å². The molecule has 0 spiro atoms. The van der Waals surface area contributed by atoms with Crippen LogP contribution in [0.2, 0.25) is 0 Å². The lowest BCUT2D eigenvalue weighted by Gasteiger charge is -2.20. The molecule has 23 heavy (non-hydrogen) atoms. The Balaban J connectivity index is 1.70. The van der Waals surface area contributed by atoms with Crippen molar-refractivity contribution in [2.75, 3.05) is 13.2 Å². The van der Waals surface area contributed by atoms with Crippen molar-refractivity contribution in [2.24, 2.45) is 0 Å². The molecule has 0 aromatic heterocycles. The molecular weight excluding hydrogens is 309 g/mol. The summed E-state index contributed by atoms with van der Waals surface area (Å²) in [5, 5.41) is 5.52. The number of benzene rings is 1. The topological polar surface area (TPSA) is 50.4 Å². The second-order valence-corrected chi connectivity index (χ2v) is 5.69. The number of alkyl halides is 3. The van der Waals surface area contributed by atoms with Gasteiger partial charge in [-0.05, 0) is 43.9 Å². The molecule has 0 unspecified atom stereocenters. The summed E-state index contributed by atoms with van der Waals surface area (Å²) in [7, 11) is 0. The van der Waals surface area contributed by atoms with Gasteiger partial charge in [0.2, 0.25) is 0 Å². The van der Waals surface area contributed by atoms with E-state index < -0.39 is 11.7 Å². The smallest absolute Gasteiger partial charge is 0.376 e. The molecule has 0 radical (unpaired) electrons. The van der Waals surface area contributed by atoms with Gasteiger partial charge in [-0.3, -0.25) is 0 Å². The minimum Gasteiger partial charge on any atom is -0.376 e. The fraction of sp³-hybridized carbons (Fsp3) is 0.562. The minimum absolute atomic E-state index is 0.0515. The van der Waals surface area contributed by atoms with E-state index in [4.69, 9.17) is 4.74 Å². The number of ether oxygens (including phenoxy) is 1. The lowest BCUT2D eigenvalue weighted by molar-refractivity contribution is -0.137. The molecule has 1 aromatic carbocycles. The quantitative estimate of drug-likeness (QED) is 0.871. The SMILES string of the molecule is C[C@H](NC(=O)NCCc1ccc(C(F)(F)F)cc1)[C@@H]1CCCO1. The molecule has 4 nitrogen and oxygen atoms in total. The van der Waals surface area contributed by atoms with Gasteiger partial charge in [0.25, 0.3) is 0 Å². The molecule has 1 saturated heterocycles. The second kappa shape index (κ2) is 7.68. The van der Waals surface area contributed by atoms with Crippen molar-refractivity contribution >= 4 is 6.03 Å². The van der Waals surface area contributed by atoms with Crippen molar-refractivity contribution in [2.45, 2.75) is 44.5 Å². The molecule has 1 aliphatic rings. The maximum Gasteiger partial charge on any atom is 0.416 e. The van der Waals surface area contributed by atoms with E-state index >= 15 is 0 Å². The number of carbonyl (C=O) groups is 1. The van der Waals surface area contributed by atoms with Crippen LogP contribution >= 0.6 is 0 Å². The second-order valence-electron chi connectivity index (χ2n) is 5.69. The van der Waals surface area contributed by atoms with Crippen LogP contribution in [0.25, 0.3) is 0 Å². The van der Waals surface area contributed by atoms with E-state index in [1.54, 1.807) is 0 Å². The number of urea groups is 1. The number of hydrogen-bond donors (Lipinski definition) is 2. The van der Waals surface area contributed by atoms with Gasteiger partial charge in [-0.25, -0.2) is 4.79 Å². The molecule has 2 N–H and O–H groups in total. The molecule has 1 aromatic rings. The van der Waals surface area contributed by atoms with Crippen LogP contribution in [0.15, 0.2) is 24.3 Å². The van der Waals surface area contributed by atoms with Crippen LogP contribution in [-0.4, -0.2) is 31.3 Å². The molecule has 1 aliphatic heterocycles. The Bertz CT molecular complexity index is 511. The Morgan fingerprint density at radius 3 is 2.61 bits per heavy atom. The number of carbonyl (C=O) groups excluding carboxylic acids is 1. The van der Waals surface area contributed by atoms with E-state index in [-0.39, 0.29) is 18.2 Å². The summed E-state index contributed by atoms with van der Waals surface area (Å²) < 4.78 is 42.8. The fourth-order valence-corrected chi connectivity index (χ4v) is 2.53. The highest BCUT2D eigenvalue weighted by atomic mass is 19.4. The number of hydrogen-bond acceptors (Lipinski definition) is 2. The largest absolute Gasteiger partial charge is 0.416 e. The highest BCUT2D eigenvalue weighted by Crippen LogP contribution is 2.29. The Hall–Kier alpha value is -1.76. The van der Waals surface area contributed by atoms with Crippen molar-refractivity contribution in [1.29, 1.82) is 0 Å². The predicted octanol–water partition coefficient (Wildman–Crippen LogP) is 3.11. The first-order chi connectivity index (χ1) is 10.9. The van der Waals surface area contributed by atoms with Gasteiger partial charge < -0.3 is 15.4 Å². The Kier molecular flexibility index (Phi) is 5.87. The van der Waals surface area contributed by atoms with E-state index in [1.165, 1.54) is 12.1 Å². The van der Waals surface area contributed by atoms with Gasteiger partial charge in [0.15, 0.2) is 0 Å². The van der Waals surface area contributed by atoms with E-state index in [9.17, 15) is 18.0 Å². The first-order valence-electron chi connectivity index (χ1n) is 7.68. The van der Waals surface area contributed by atoms with Crippen LogP contribution in [0.1, 0.15) is 30.9 Å². The first-order valence-corrected chi connectivity index (χ1v) is 7.68. The average molecular weight is 330 g/mol. The fourth-order valence-electron chi connectivity index (χ4n) is 2.53. The molecule has 7 heteroatoms. The third kappa shape index (κ3) is 5.42. The van der Waals surface area contributed by atoms with E-state index in [1.807, 2.05) is 6.92 Å². The zero-order valence-corrected chi connectivity index (χ0v) is 13.0. The summed E-state index contributed by atoms with van der Waals surface area (Å²) in [6.07, 6.45) is -1.86. The van der Waals surface area contributed by atoms with Crippen molar-refractivity contribution in [3.8, 4) is 0 Å². The molecule has 0 saturated carbocycles. The summed E-state index contributed by atoms with van der Waals surface area (Å²) in [5.74, 6) is 0. The lowest BCUT2D eigenvalue weighted by atomic mass is 10.1. The molecule has 1 heterocycles. The van der Waals surface area contributed by atoms with Crippen LogP contribution in [0.3, 0.4) is 0 Å². The predicted molar refractivity (Wildman–Crippen MR) is 80.1 cm³/mol. The molecule has 2 atom stereocenters.